The van der Waals surface area contributed by atoms with Crippen molar-refractivity contribution in [2.75, 3.05) is 18.4 Å². The molecule has 1 saturated heterocycles. The van der Waals surface area contributed by atoms with Crippen LogP contribution in [-0.4, -0.2) is 29.5 Å². The first-order valence-corrected chi connectivity index (χ1v) is 12.8. The van der Waals surface area contributed by atoms with Crippen LogP contribution >= 0.6 is 11.6 Å². The van der Waals surface area contributed by atoms with Gasteiger partial charge in [0.1, 0.15) is 6.54 Å². The van der Waals surface area contributed by atoms with E-state index in [0.717, 1.165) is 65.2 Å². The fraction of sp³-hybridized carbons (Fsp3) is 0.367. The number of hydrogen-bond acceptors (Lipinski definition) is 1. The molecule has 0 bridgehead atoms. The largest absolute Gasteiger partial charge is 0.320 e. The lowest BCUT2D eigenvalue weighted by Crippen LogP contribution is -2.62. The van der Waals surface area contributed by atoms with E-state index in [1.165, 1.54) is 11.1 Å². The van der Waals surface area contributed by atoms with Crippen molar-refractivity contribution in [2.24, 2.45) is 0 Å². The summed E-state index contributed by atoms with van der Waals surface area (Å²) in [4.78, 5) is 13.8. The zero-order valence-electron chi connectivity index (χ0n) is 20.6. The standard InChI is InChI=1S/C30H35ClN2O/c1-4-28(30(34)32-29-22(2)10-8-11-23(29)3)33(21-24-12-9-15-27(31)20-24)18-16-26(17-19-33)25-13-6-5-7-14-25/h5-15,20,26,28H,4,16-19,21H2,1-3H3/p+1. The molecule has 3 nitrogen and oxygen atoms in total. The van der Waals surface area contributed by atoms with Gasteiger partial charge in [-0.25, -0.2) is 0 Å². The number of quaternary nitrogens is 1. The molecule has 4 rings (SSSR count). The average molecular weight is 476 g/mol. The zero-order valence-corrected chi connectivity index (χ0v) is 21.3. The lowest BCUT2D eigenvalue weighted by Gasteiger charge is -2.48. The Bertz CT molecular complexity index is 1100. The van der Waals surface area contributed by atoms with Crippen LogP contribution in [0.15, 0.2) is 72.8 Å². The van der Waals surface area contributed by atoms with E-state index < -0.39 is 0 Å². The summed E-state index contributed by atoms with van der Waals surface area (Å²) in [6.45, 7) is 9.04. The Morgan fingerprint density at radius 2 is 1.62 bits per heavy atom. The molecule has 1 heterocycles. The summed E-state index contributed by atoms with van der Waals surface area (Å²) in [6.07, 6.45) is 2.96. The fourth-order valence-electron chi connectivity index (χ4n) is 5.76. The number of halogens is 1. The van der Waals surface area contributed by atoms with Crippen LogP contribution in [0.25, 0.3) is 0 Å². The number of para-hydroxylation sites is 1. The molecule has 3 aromatic carbocycles. The van der Waals surface area contributed by atoms with E-state index in [1.807, 2.05) is 18.2 Å². The molecule has 1 aliphatic heterocycles. The van der Waals surface area contributed by atoms with Gasteiger partial charge in [0.25, 0.3) is 5.91 Å². The third kappa shape index (κ3) is 5.37. The predicted octanol–water partition coefficient (Wildman–Crippen LogP) is 7.27. The van der Waals surface area contributed by atoms with Gasteiger partial charge >= 0.3 is 0 Å². The third-order valence-corrected chi connectivity index (χ3v) is 7.82. The number of carbonyl (C=O) groups is 1. The van der Waals surface area contributed by atoms with Crippen LogP contribution in [0.4, 0.5) is 5.69 Å². The molecule has 0 radical (unpaired) electrons. The monoisotopic (exact) mass is 475 g/mol. The van der Waals surface area contributed by atoms with Gasteiger partial charge in [0.05, 0.1) is 13.1 Å². The Labute approximate surface area is 209 Å². The van der Waals surface area contributed by atoms with E-state index in [-0.39, 0.29) is 11.9 Å². The summed E-state index contributed by atoms with van der Waals surface area (Å²) in [5, 5.41) is 4.06. The highest BCUT2D eigenvalue weighted by atomic mass is 35.5. The van der Waals surface area contributed by atoms with E-state index >= 15 is 0 Å². The van der Waals surface area contributed by atoms with Gasteiger partial charge in [0, 0.05) is 35.5 Å². The number of likely N-dealkylation sites (tertiary alicyclic amines) is 1. The first-order chi connectivity index (χ1) is 16.4. The molecular formula is C30H36ClN2O+. The molecule has 1 fully saturated rings. The highest BCUT2D eigenvalue weighted by Crippen LogP contribution is 2.36. The summed E-state index contributed by atoms with van der Waals surface area (Å²) in [7, 11) is 0. The molecule has 0 aromatic heterocycles. The van der Waals surface area contributed by atoms with E-state index in [2.05, 4.69) is 80.7 Å². The molecule has 34 heavy (non-hydrogen) atoms. The molecule has 1 N–H and O–H groups in total. The maximum absolute atomic E-state index is 13.8. The number of carbonyl (C=O) groups excluding carboxylic acids is 1. The number of amides is 1. The van der Waals surface area contributed by atoms with E-state index in [9.17, 15) is 4.79 Å². The number of nitrogens with one attached hydrogen (secondary N) is 1. The van der Waals surface area contributed by atoms with Crippen LogP contribution in [0.3, 0.4) is 0 Å². The fourth-order valence-corrected chi connectivity index (χ4v) is 5.97. The Hall–Kier alpha value is -2.62. The van der Waals surface area contributed by atoms with Crippen LogP contribution in [0, 0.1) is 13.8 Å². The van der Waals surface area contributed by atoms with Crippen molar-refractivity contribution in [1.29, 1.82) is 0 Å². The number of aryl methyl sites for hydroxylation is 2. The van der Waals surface area contributed by atoms with Gasteiger partial charge in [0.2, 0.25) is 0 Å². The molecule has 0 spiro atoms. The zero-order chi connectivity index (χ0) is 24.1. The van der Waals surface area contributed by atoms with Gasteiger partial charge in [-0.05, 0) is 48.6 Å². The van der Waals surface area contributed by atoms with E-state index in [4.69, 9.17) is 11.6 Å². The van der Waals surface area contributed by atoms with Gasteiger partial charge < -0.3 is 9.80 Å². The van der Waals surface area contributed by atoms with Crippen molar-refractivity contribution in [3.63, 3.8) is 0 Å². The number of piperidine rings is 1. The Morgan fingerprint density at radius 3 is 2.24 bits per heavy atom. The van der Waals surface area contributed by atoms with Crippen molar-refractivity contribution in [3.05, 3.63) is 100 Å². The Morgan fingerprint density at radius 1 is 0.971 bits per heavy atom. The third-order valence-electron chi connectivity index (χ3n) is 7.58. The minimum absolute atomic E-state index is 0.116. The summed E-state index contributed by atoms with van der Waals surface area (Å²) < 4.78 is 0.775. The number of anilines is 1. The predicted molar refractivity (Wildman–Crippen MR) is 142 cm³/mol. The SMILES string of the molecule is CCC(C(=O)Nc1c(C)cccc1C)[N+]1(Cc2cccc(Cl)c2)CCC(c2ccccc2)CC1. The Balaban J connectivity index is 1.63. The van der Waals surface area contributed by atoms with Gasteiger partial charge in [0.15, 0.2) is 6.04 Å². The first kappa shape index (κ1) is 24.5. The number of benzene rings is 3. The van der Waals surface area contributed by atoms with Crippen LogP contribution in [-0.2, 0) is 11.3 Å². The second-order valence-corrected chi connectivity index (χ2v) is 10.3. The normalized spacial score (nSPS) is 21.1. The lowest BCUT2D eigenvalue weighted by molar-refractivity contribution is -0.959. The molecule has 1 unspecified atom stereocenters. The highest BCUT2D eigenvalue weighted by molar-refractivity contribution is 6.30. The van der Waals surface area contributed by atoms with Crippen molar-refractivity contribution in [1.82, 2.24) is 0 Å². The smallest absolute Gasteiger partial charge is 0.282 e. The van der Waals surface area contributed by atoms with Crippen LogP contribution < -0.4 is 5.32 Å². The van der Waals surface area contributed by atoms with Gasteiger partial charge in [-0.1, -0.05) is 79.2 Å². The van der Waals surface area contributed by atoms with Crippen molar-refractivity contribution in [2.45, 2.75) is 58.5 Å². The first-order valence-electron chi connectivity index (χ1n) is 12.4. The van der Waals surface area contributed by atoms with Gasteiger partial charge in [-0.2, -0.15) is 0 Å². The minimum atomic E-state index is -0.116. The van der Waals surface area contributed by atoms with E-state index in [1.54, 1.807) is 0 Å². The topological polar surface area (TPSA) is 29.1 Å². The molecule has 0 aliphatic carbocycles. The minimum Gasteiger partial charge on any atom is -0.320 e. The van der Waals surface area contributed by atoms with Crippen molar-refractivity contribution < 1.29 is 9.28 Å². The van der Waals surface area contributed by atoms with Crippen LogP contribution in [0.5, 0.6) is 0 Å². The second kappa shape index (κ2) is 10.8. The number of hydrogen-bond donors (Lipinski definition) is 1. The Kier molecular flexibility index (Phi) is 7.75. The molecule has 0 saturated carbocycles. The molecule has 4 heteroatoms. The summed E-state index contributed by atoms with van der Waals surface area (Å²) >= 11 is 6.34. The summed E-state index contributed by atoms with van der Waals surface area (Å²) in [5.41, 5.74) is 5.77. The van der Waals surface area contributed by atoms with E-state index in [0.29, 0.717) is 5.92 Å². The maximum atomic E-state index is 13.8. The highest BCUT2D eigenvalue weighted by Gasteiger charge is 2.44. The van der Waals surface area contributed by atoms with Crippen molar-refractivity contribution in [3.8, 4) is 0 Å². The average Bonchev–Trinajstić information content (AvgIpc) is 2.83. The summed E-state index contributed by atoms with van der Waals surface area (Å²) in [5.74, 6) is 0.672. The number of rotatable bonds is 7. The molecule has 1 atom stereocenters. The van der Waals surface area contributed by atoms with Gasteiger partial charge in [-0.15, -0.1) is 0 Å². The summed E-state index contributed by atoms with van der Waals surface area (Å²) in [6, 6.07) is 25.0. The van der Waals surface area contributed by atoms with Crippen LogP contribution in [0.1, 0.15) is 54.4 Å². The molecule has 1 amide bonds. The van der Waals surface area contributed by atoms with Crippen molar-refractivity contribution >= 4 is 23.2 Å². The maximum Gasteiger partial charge on any atom is 0.282 e. The molecule has 3 aromatic rings. The number of nitrogens with zero attached hydrogens (tertiary/aromatic N) is 1. The second-order valence-electron chi connectivity index (χ2n) is 9.82. The molecule has 178 valence electrons. The molecule has 1 aliphatic rings. The lowest BCUT2D eigenvalue weighted by atomic mass is 9.86. The van der Waals surface area contributed by atoms with Crippen LogP contribution in [0.2, 0.25) is 5.02 Å². The molecular weight excluding hydrogens is 440 g/mol. The quantitative estimate of drug-likeness (QED) is 0.357. The van der Waals surface area contributed by atoms with Gasteiger partial charge in [-0.3, -0.25) is 4.79 Å².